The van der Waals surface area contributed by atoms with Gasteiger partial charge in [0.15, 0.2) is 0 Å². The molecule has 0 saturated heterocycles. The fourth-order valence-corrected chi connectivity index (χ4v) is 29.6. The van der Waals surface area contributed by atoms with Crippen LogP contribution in [0.2, 0.25) is 39.3 Å². The lowest BCUT2D eigenvalue weighted by atomic mass is 10.4. The molecule has 0 spiro atoms. The summed E-state index contributed by atoms with van der Waals surface area (Å²) in [6.45, 7) is 14.2. The lowest BCUT2D eigenvalue weighted by Crippen LogP contribution is -2.69. The zero-order chi connectivity index (χ0) is 14.2. The Morgan fingerprint density at radius 1 is 1.00 bits per heavy atom. The second-order valence-electron chi connectivity index (χ2n) is 6.73. The van der Waals surface area contributed by atoms with Crippen molar-refractivity contribution in [1.29, 1.82) is 0 Å². The summed E-state index contributed by atoms with van der Waals surface area (Å²) in [6, 6.07) is 6.12. The van der Waals surface area contributed by atoms with Gasteiger partial charge >= 0.3 is 0 Å². The van der Waals surface area contributed by atoms with Crippen LogP contribution in [-0.4, -0.2) is 28.5 Å². The molecule has 1 heterocycles. The first-order valence-electron chi connectivity index (χ1n) is 6.15. The Balaban J connectivity index is 3.62. The van der Waals surface area contributed by atoms with Crippen LogP contribution in [-0.2, 0) is 4.28 Å². The van der Waals surface area contributed by atoms with Gasteiger partial charge in [0.25, 0.3) is 7.42 Å². The Morgan fingerprint density at radius 2 is 1.50 bits per heavy atom. The van der Waals surface area contributed by atoms with E-state index in [9.17, 15) is 0 Å². The van der Waals surface area contributed by atoms with Crippen molar-refractivity contribution in [3.63, 3.8) is 0 Å². The maximum absolute atomic E-state index is 6.60. The van der Waals surface area contributed by atoms with Crippen LogP contribution in [0, 0.1) is 0 Å². The Labute approximate surface area is 124 Å². The third kappa shape index (κ3) is 2.63. The van der Waals surface area contributed by atoms with Crippen molar-refractivity contribution in [3.05, 3.63) is 30.1 Å². The Morgan fingerprint density at radius 3 is 1.78 bits per heavy atom. The average Bonchev–Trinajstić information content (AvgIpc) is 2.14. The molecule has 6 heteroatoms. The Bertz CT molecular complexity index is 382. The molecule has 18 heavy (non-hydrogen) atoms. The van der Waals surface area contributed by atoms with Crippen LogP contribution in [0.5, 0.6) is 0 Å². The molecule has 0 aliphatic heterocycles. The number of hydrogen-bond donors (Lipinski definition) is 0. The molecule has 101 valence electrons. The molecule has 0 aromatic carbocycles. The molecular weight excluding hydrogens is 313 g/mol. The van der Waals surface area contributed by atoms with Gasteiger partial charge in [0.1, 0.15) is 0 Å². The number of nitrogens with zero attached hydrogens (tertiary/aromatic N) is 1. The molecule has 0 fully saturated rings. The highest BCUT2D eigenvalue weighted by molar-refractivity contribution is 7.42. The maximum atomic E-state index is 6.60. The van der Waals surface area contributed by atoms with E-state index in [1.54, 1.807) is 0 Å². The van der Waals surface area contributed by atoms with Crippen LogP contribution in [0.1, 0.15) is 5.69 Å². The van der Waals surface area contributed by atoms with Gasteiger partial charge in [0, 0.05) is 16.2 Å². The summed E-state index contributed by atoms with van der Waals surface area (Å²) < 4.78 is -0.0327. The van der Waals surface area contributed by atoms with Gasteiger partial charge in [0.2, 0.25) is 0 Å². The molecule has 0 bridgehead atoms. The molecule has 0 saturated carbocycles. The number of hydrogen-bond acceptors (Lipinski definition) is 1. The number of aromatic nitrogens is 1. The summed E-state index contributed by atoms with van der Waals surface area (Å²) in [4.78, 5) is 4.63. The third-order valence-corrected chi connectivity index (χ3v) is 23.5. The largest absolute Gasteiger partial charge is 0.280 e. The Hall–Kier alpha value is 0.381. The first-order valence-corrected chi connectivity index (χ1v) is 16.7. The molecule has 0 N–H and O–H groups in total. The SMILES string of the molecule is C[Si](C)(C)C(c1ccccn1)([Si](Cl)Cl)[Si](C)(C)C. The first-order chi connectivity index (χ1) is 8.05. The van der Waals surface area contributed by atoms with Gasteiger partial charge < -0.3 is 0 Å². The lowest BCUT2D eigenvalue weighted by Gasteiger charge is -2.51. The van der Waals surface area contributed by atoms with E-state index in [1.165, 1.54) is 0 Å². The Kier molecular flexibility index (Phi) is 4.93. The molecular formula is C12H22Cl2NSi3. The van der Waals surface area contributed by atoms with E-state index < -0.39 is 23.6 Å². The summed E-state index contributed by atoms with van der Waals surface area (Å²) in [5, 5.41) is 0. The number of pyridine rings is 1. The molecule has 1 aromatic heterocycles. The van der Waals surface area contributed by atoms with Crippen molar-refractivity contribution in [2.24, 2.45) is 0 Å². The highest BCUT2D eigenvalue weighted by Gasteiger charge is 2.59. The molecule has 0 aliphatic carbocycles. The summed E-state index contributed by atoms with van der Waals surface area (Å²) in [5.41, 5.74) is 1.13. The lowest BCUT2D eigenvalue weighted by molar-refractivity contribution is 0.984. The van der Waals surface area contributed by atoms with Gasteiger partial charge in [-0.25, -0.2) is 0 Å². The molecule has 0 amide bonds. The fraction of sp³-hybridized carbons (Fsp3) is 0.583. The molecule has 1 nitrogen and oxygen atoms in total. The van der Waals surface area contributed by atoms with Gasteiger partial charge in [-0.05, 0) is 12.1 Å². The smallest absolute Gasteiger partial charge is 0.262 e. The van der Waals surface area contributed by atoms with Crippen LogP contribution >= 0.6 is 22.2 Å². The zero-order valence-corrected chi connectivity index (χ0v) is 16.5. The summed E-state index contributed by atoms with van der Waals surface area (Å²) in [7, 11) is -4.69. The molecule has 1 radical (unpaired) electrons. The van der Waals surface area contributed by atoms with Crippen molar-refractivity contribution in [2.45, 2.75) is 43.6 Å². The van der Waals surface area contributed by atoms with Crippen molar-refractivity contribution < 1.29 is 0 Å². The van der Waals surface area contributed by atoms with Gasteiger partial charge in [-0.2, -0.15) is 0 Å². The first kappa shape index (κ1) is 16.4. The maximum Gasteiger partial charge on any atom is 0.280 e. The van der Waals surface area contributed by atoms with Gasteiger partial charge in [-0.15, -0.1) is 22.2 Å². The molecule has 1 rings (SSSR count). The highest BCUT2D eigenvalue weighted by Crippen LogP contribution is 2.45. The molecule has 0 atom stereocenters. The van der Waals surface area contributed by atoms with E-state index >= 15 is 0 Å². The summed E-state index contributed by atoms with van der Waals surface area (Å²) >= 11 is 13.2. The van der Waals surface area contributed by atoms with E-state index in [-0.39, 0.29) is 4.28 Å². The predicted molar refractivity (Wildman–Crippen MR) is 90.1 cm³/mol. The van der Waals surface area contributed by atoms with Gasteiger partial charge in [-0.3, -0.25) is 4.98 Å². The average molecular weight is 335 g/mol. The second kappa shape index (κ2) is 5.40. The van der Waals surface area contributed by atoms with Crippen LogP contribution in [0.15, 0.2) is 24.4 Å². The van der Waals surface area contributed by atoms with Crippen LogP contribution in [0.4, 0.5) is 0 Å². The van der Waals surface area contributed by atoms with E-state index in [4.69, 9.17) is 22.2 Å². The van der Waals surface area contributed by atoms with Crippen LogP contribution in [0.25, 0.3) is 0 Å². The molecule has 0 unspecified atom stereocenters. The van der Waals surface area contributed by atoms with Crippen molar-refractivity contribution in [3.8, 4) is 0 Å². The normalized spacial score (nSPS) is 14.1. The zero-order valence-electron chi connectivity index (χ0n) is 12.0. The summed E-state index contributed by atoms with van der Waals surface area (Å²) in [5.74, 6) is 0. The van der Waals surface area contributed by atoms with Crippen molar-refractivity contribution in [2.75, 3.05) is 0 Å². The van der Waals surface area contributed by atoms with E-state index in [2.05, 4.69) is 56.4 Å². The second-order valence-corrected chi connectivity index (χ2v) is 22.8. The highest BCUT2D eigenvalue weighted by atomic mass is 35.7. The predicted octanol–water partition coefficient (Wildman–Crippen LogP) is 4.58. The van der Waals surface area contributed by atoms with Gasteiger partial charge in [0.05, 0.1) is 16.1 Å². The minimum Gasteiger partial charge on any atom is -0.262 e. The van der Waals surface area contributed by atoms with E-state index in [0.29, 0.717) is 0 Å². The van der Waals surface area contributed by atoms with Gasteiger partial charge in [-0.1, -0.05) is 45.3 Å². The monoisotopic (exact) mass is 334 g/mol. The third-order valence-electron chi connectivity index (χ3n) is 3.58. The number of rotatable bonds is 4. The molecule has 1 aromatic rings. The fourth-order valence-electron chi connectivity index (χ4n) is 3.14. The van der Waals surface area contributed by atoms with Crippen molar-refractivity contribution >= 4 is 45.7 Å². The van der Waals surface area contributed by atoms with E-state index in [0.717, 1.165) is 5.69 Å². The van der Waals surface area contributed by atoms with Crippen molar-refractivity contribution in [1.82, 2.24) is 4.98 Å². The van der Waals surface area contributed by atoms with Crippen LogP contribution < -0.4 is 0 Å². The molecule has 0 aliphatic rings. The standard InChI is InChI=1S/C12H22Cl2NSi3/c1-17(2,3)12(16(13)14,18(4,5)6)11-9-7-8-10-15-11/h7-10H,1-6H3. The van der Waals surface area contributed by atoms with E-state index in [1.807, 2.05) is 12.3 Å². The quantitative estimate of drug-likeness (QED) is 0.580. The number of halogens is 2. The topological polar surface area (TPSA) is 12.9 Å². The van der Waals surface area contributed by atoms with Crippen LogP contribution in [0.3, 0.4) is 0 Å². The summed E-state index contributed by atoms with van der Waals surface area (Å²) in [6.07, 6.45) is 1.86. The minimum atomic E-state index is -1.60. The minimum absolute atomic E-state index is 0.0327.